The van der Waals surface area contributed by atoms with E-state index in [4.69, 9.17) is 14.5 Å². The average Bonchev–Trinajstić information content (AvgIpc) is 3.37. The van der Waals surface area contributed by atoms with Crippen LogP contribution in [-0.2, 0) is 19.4 Å². The van der Waals surface area contributed by atoms with Gasteiger partial charge in [0.05, 0.1) is 11.9 Å². The van der Waals surface area contributed by atoms with Gasteiger partial charge in [0.15, 0.2) is 17.3 Å². The van der Waals surface area contributed by atoms with Crippen molar-refractivity contribution in [3.05, 3.63) is 50.4 Å². The van der Waals surface area contributed by atoms with Gasteiger partial charge in [-0.3, -0.25) is 4.79 Å². The number of aromatic amines is 1. The van der Waals surface area contributed by atoms with Crippen molar-refractivity contribution in [3.8, 4) is 11.5 Å². The molecule has 0 radical (unpaired) electrons. The standard InChI is InChI=1S/C23H25N3O3S/c27-22-21-15-4-1-2-6-19(15)30-23(21)25-20(24-22)13-26-9-3-5-16(26)14-7-8-17-18(12-14)29-11-10-28-17/h7-8,12,16H,1-6,9-11,13H2,(H,24,25,27)/p+1/t16-/m1/s1. The highest BCUT2D eigenvalue weighted by atomic mass is 32.1. The zero-order valence-corrected chi connectivity index (χ0v) is 17.8. The van der Waals surface area contributed by atoms with Crippen LogP contribution < -0.4 is 19.9 Å². The van der Waals surface area contributed by atoms with E-state index in [9.17, 15) is 4.79 Å². The highest BCUT2D eigenvalue weighted by Crippen LogP contribution is 2.35. The van der Waals surface area contributed by atoms with Crippen molar-refractivity contribution in [2.75, 3.05) is 19.8 Å². The van der Waals surface area contributed by atoms with Crippen LogP contribution in [0, 0.1) is 0 Å². The Balaban J connectivity index is 1.29. The van der Waals surface area contributed by atoms with Gasteiger partial charge in [-0.25, -0.2) is 4.98 Å². The third-order valence-corrected chi connectivity index (χ3v) is 7.91. The molecule has 1 fully saturated rings. The largest absolute Gasteiger partial charge is 0.486 e. The number of nitrogens with zero attached hydrogens (tertiary/aromatic N) is 1. The Morgan fingerprint density at radius 2 is 2.00 bits per heavy atom. The number of likely N-dealkylation sites (tertiary alicyclic amines) is 1. The van der Waals surface area contributed by atoms with Gasteiger partial charge in [-0.1, -0.05) is 0 Å². The van der Waals surface area contributed by atoms with Crippen LogP contribution in [0.3, 0.4) is 0 Å². The first-order valence-electron chi connectivity index (χ1n) is 11.0. The lowest BCUT2D eigenvalue weighted by atomic mass is 9.97. The summed E-state index contributed by atoms with van der Waals surface area (Å²) in [6, 6.07) is 6.72. The molecule has 1 saturated heterocycles. The van der Waals surface area contributed by atoms with Crippen molar-refractivity contribution in [3.63, 3.8) is 0 Å². The monoisotopic (exact) mass is 424 g/mol. The van der Waals surface area contributed by atoms with E-state index in [1.165, 1.54) is 40.2 Å². The lowest BCUT2D eigenvalue weighted by Gasteiger charge is -2.24. The summed E-state index contributed by atoms with van der Waals surface area (Å²) in [7, 11) is 0. The Kier molecular flexibility index (Phi) is 4.53. The Labute approximate surface area is 178 Å². The Hall–Kier alpha value is -2.38. The summed E-state index contributed by atoms with van der Waals surface area (Å²) in [5, 5.41) is 0.846. The molecule has 2 aromatic heterocycles. The number of nitrogens with one attached hydrogen (secondary N) is 2. The van der Waals surface area contributed by atoms with Gasteiger partial charge in [0.1, 0.15) is 30.6 Å². The van der Waals surface area contributed by atoms with Gasteiger partial charge >= 0.3 is 0 Å². The molecule has 3 aromatic rings. The molecular formula is C23H26N3O3S+. The fourth-order valence-electron chi connectivity index (χ4n) is 5.31. The van der Waals surface area contributed by atoms with Crippen molar-refractivity contribution < 1.29 is 14.4 Å². The molecule has 4 heterocycles. The smallest absolute Gasteiger partial charge is 0.260 e. The molecule has 0 bridgehead atoms. The molecule has 2 aliphatic heterocycles. The number of fused-ring (bicyclic) bond motifs is 4. The van der Waals surface area contributed by atoms with Crippen LogP contribution in [0.2, 0.25) is 0 Å². The second-order valence-corrected chi connectivity index (χ2v) is 9.67. The molecule has 6 nitrogen and oxygen atoms in total. The Morgan fingerprint density at radius 1 is 1.13 bits per heavy atom. The van der Waals surface area contributed by atoms with E-state index in [1.807, 2.05) is 6.07 Å². The van der Waals surface area contributed by atoms with Crippen LogP contribution in [-0.4, -0.2) is 29.7 Å². The minimum absolute atomic E-state index is 0.0453. The maximum Gasteiger partial charge on any atom is 0.260 e. The number of aryl methyl sites for hydroxylation is 2. The van der Waals surface area contributed by atoms with Crippen LogP contribution in [0.1, 0.15) is 53.6 Å². The number of hydrogen-bond acceptors (Lipinski definition) is 5. The summed E-state index contributed by atoms with van der Waals surface area (Å²) < 4.78 is 11.5. The molecule has 0 amide bonds. The van der Waals surface area contributed by atoms with Crippen molar-refractivity contribution in [1.82, 2.24) is 9.97 Å². The maximum absolute atomic E-state index is 12.9. The van der Waals surface area contributed by atoms with Crippen molar-refractivity contribution in [2.45, 2.75) is 51.1 Å². The summed E-state index contributed by atoms with van der Waals surface area (Å²) in [4.78, 5) is 24.6. The third-order valence-electron chi connectivity index (χ3n) is 6.72. The molecule has 0 saturated carbocycles. The van der Waals surface area contributed by atoms with Gasteiger partial charge in [-0.15, -0.1) is 11.3 Å². The molecular weight excluding hydrogens is 398 g/mol. The summed E-state index contributed by atoms with van der Waals surface area (Å²) in [6.45, 7) is 3.04. The van der Waals surface area contributed by atoms with E-state index in [0.717, 1.165) is 59.9 Å². The van der Waals surface area contributed by atoms with E-state index < -0.39 is 0 Å². The number of rotatable bonds is 3. The van der Waals surface area contributed by atoms with E-state index in [2.05, 4.69) is 17.1 Å². The number of hydrogen-bond donors (Lipinski definition) is 2. The predicted molar refractivity (Wildman–Crippen MR) is 116 cm³/mol. The van der Waals surface area contributed by atoms with Gasteiger partial charge in [-0.2, -0.15) is 0 Å². The van der Waals surface area contributed by atoms with Gasteiger partial charge in [0, 0.05) is 23.3 Å². The molecule has 1 aromatic carbocycles. The minimum Gasteiger partial charge on any atom is -0.486 e. The van der Waals surface area contributed by atoms with E-state index in [0.29, 0.717) is 19.3 Å². The normalized spacial score (nSPS) is 22.9. The molecule has 2 N–H and O–H groups in total. The fraction of sp³-hybridized carbons (Fsp3) is 0.478. The molecule has 156 valence electrons. The topological polar surface area (TPSA) is 68.7 Å². The van der Waals surface area contributed by atoms with Crippen LogP contribution in [0.5, 0.6) is 11.5 Å². The maximum atomic E-state index is 12.9. The van der Waals surface area contributed by atoms with E-state index in [-0.39, 0.29) is 5.56 Å². The first kappa shape index (κ1) is 18.4. The molecule has 7 heteroatoms. The molecule has 0 spiro atoms. The van der Waals surface area contributed by atoms with Gasteiger partial charge in [0.2, 0.25) is 0 Å². The Bertz CT molecular complexity index is 1170. The third kappa shape index (κ3) is 3.11. The highest BCUT2D eigenvalue weighted by Gasteiger charge is 2.32. The van der Waals surface area contributed by atoms with Crippen LogP contribution in [0.4, 0.5) is 0 Å². The lowest BCUT2D eigenvalue weighted by Crippen LogP contribution is -3.09. The summed E-state index contributed by atoms with van der Waals surface area (Å²) >= 11 is 1.73. The first-order chi connectivity index (χ1) is 14.8. The average molecular weight is 425 g/mol. The minimum atomic E-state index is 0.0453. The quantitative estimate of drug-likeness (QED) is 0.678. The number of aromatic nitrogens is 2. The fourth-order valence-corrected chi connectivity index (χ4v) is 6.59. The van der Waals surface area contributed by atoms with Crippen molar-refractivity contribution in [2.24, 2.45) is 0 Å². The summed E-state index contributed by atoms with van der Waals surface area (Å²) in [5.74, 6) is 2.50. The molecule has 1 aliphatic carbocycles. The van der Waals surface area contributed by atoms with E-state index in [1.54, 1.807) is 11.3 Å². The van der Waals surface area contributed by atoms with Crippen LogP contribution >= 0.6 is 11.3 Å². The summed E-state index contributed by atoms with van der Waals surface area (Å²) in [5.41, 5.74) is 2.58. The van der Waals surface area contributed by atoms with E-state index >= 15 is 0 Å². The molecule has 2 atom stereocenters. The van der Waals surface area contributed by atoms with Crippen molar-refractivity contribution >= 4 is 21.6 Å². The van der Waals surface area contributed by atoms with Crippen LogP contribution in [0.25, 0.3) is 10.2 Å². The van der Waals surface area contributed by atoms with Gasteiger partial charge in [-0.05, 0) is 49.4 Å². The van der Waals surface area contributed by atoms with Gasteiger partial charge in [0.25, 0.3) is 5.56 Å². The number of thiophene rings is 1. The zero-order valence-electron chi connectivity index (χ0n) is 17.0. The molecule has 30 heavy (non-hydrogen) atoms. The number of ether oxygens (including phenoxy) is 2. The second kappa shape index (κ2) is 7.39. The molecule has 1 unspecified atom stereocenters. The highest BCUT2D eigenvalue weighted by molar-refractivity contribution is 7.18. The van der Waals surface area contributed by atoms with Crippen LogP contribution in [0.15, 0.2) is 23.0 Å². The molecule has 6 rings (SSSR count). The number of H-pyrrole nitrogens is 1. The number of benzene rings is 1. The SMILES string of the molecule is O=c1[nH]c(C[NH+]2CCC[C@@H]2c2ccc3c(c2)OCCO3)nc2sc3c(c12)CCCC3. The first-order valence-corrected chi connectivity index (χ1v) is 11.9. The van der Waals surface area contributed by atoms with Crippen molar-refractivity contribution in [1.29, 1.82) is 0 Å². The predicted octanol–water partition coefficient (Wildman–Crippen LogP) is 2.55. The lowest BCUT2D eigenvalue weighted by molar-refractivity contribution is -0.932. The number of quaternary nitrogens is 1. The Morgan fingerprint density at radius 3 is 2.93 bits per heavy atom. The molecule has 3 aliphatic rings. The zero-order chi connectivity index (χ0) is 20.1. The van der Waals surface area contributed by atoms with Gasteiger partial charge < -0.3 is 19.4 Å². The second-order valence-electron chi connectivity index (χ2n) is 8.59. The summed E-state index contributed by atoms with van der Waals surface area (Å²) in [6.07, 6.45) is 6.82.